The van der Waals surface area contributed by atoms with Crippen LogP contribution in [0.4, 0.5) is 0 Å². The smallest absolute Gasteiger partial charge is 0.108 e. The van der Waals surface area contributed by atoms with E-state index in [1.807, 2.05) is 6.20 Å². The van der Waals surface area contributed by atoms with Crippen molar-refractivity contribution in [2.45, 2.75) is 13.0 Å². The molecule has 1 nitrogen and oxygen atoms in total. The third-order valence-corrected chi connectivity index (χ3v) is 3.43. The van der Waals surface area contributed by atoms with Crippen molar-refractivity contribution in [1.82, 2.24) is 0 Å². The van der Waals surface area contributed by atoms with Crippen molar-refractivity contribution in [2.75, 3.05) is 14.1 Å². The predicted molar refractivity (Wildman–Crippen MR) is 81.7 cm³/mol. The lowest BCUT2D eigenvalue weighted by Gasteiger charge is -2.25. The zero-order chi connectivity index (χ0) is 13.7. The molecule has 0 aromatic heterocycles. The van der Waals surface area contributed by atoms with Crippen LogP contribution in [0.5, 0.6) is 0 Å². The molecule has 0 heterocycles. The molecular formula is C18H22ClN. The van der Waals surface area contributed by atoms with Crippen molar-refractivity contribution < 1.29 is 16.9 Å². The zero-order valence-electron chi connectivity index (χ0n) is 12.2. The topological polar surface area (TPSA) is 0 Å². The average molecular weight is 288 g/mol. The molecule has 0 atom stereocenters. The maximum Gasteiger partial charge on any atom is 0.108 e. The minimum Gasteiger partial charge on any atom is -1.00 e. The minimum absolute atomic E-state index is 0. The lowest BCUT2D eigenvalue weighted by Crippen LogP contribution is -3.00. The number of benzene rings is 2. The van der Waals surface area contributed by atoms with E-state index in [-0.39, 0.29) is 12.4 Å². The van der Waals surface area contributed by atoms with E-state index in [1.165, 1.54) is 16.7 Å². The number of rotatable bonds is 5. The summed E-state index contributed by atoms with van der Waals surface area (Å²) in [7, 11) is 4.35. The van der Waals surface area contributed by atoms with Gasteiger partial charge in [-0.25, -0.2) is 0 Å². The van der Waals surface area contributed by atoms with Gasteiger partial charge in [-0.2, -0.15) is 0 Å². The van der Waals surface area contributed by atoms with Gasteiger partial charge in [0, 0.05) is 5.56 Å². The Morgan fingerprint density at radius 3 is 2.05 bits per heavy atom. The summed E-state index contributed by atoms with van der Waals surface area (Å²) in [6.07, 6.45) is 2.98. The molecule has 0 aliphatic carbocycles. The van der Waals surface area contributed by atoms with Gasteiger partial charge in [-0.15, -0.1) is 0 Å². The second-order valence-corrected chi connectivity index (χ2v) is 5.55. The summed E-state index contributed by atoms with van der Waals surface area (Å²) in [6.45, 7) is 4.89. The van der Waals surface area contributed by atoms with Gasteiger partial charge in [0.1, 0.15) is 6.54 Å². The highest BCUT2D eigenvalue weighted by Crippen LogP contribution is 2.18. The van der Waals surface area contributed by atoms with E-state index in [4.69, 9.17) is 0 Å². The van der Waals surface area contributed by atoms with Gasteiger partial charge in [0.25, 0.3) is 0 Å². The maximum absolute atomic E-state index is 3.91. The van der Waals surface area contributed by atoms with Crippen molar-refractivity contribution in [3.8, 4) is 0 Å². The highest BCUT2D eigenvalue weighted by molar-refractivity contribution is 5.32. The molecule has 2 aromatic carbocycles. The number of hydrogen-bond acceptors (Lipinski definition) is 0. The molecule has 0 unspecified atom stereocenters. The van der Waals surface area contributed by atoms with Crippen molar-refractivity contribution in [1.29, 1.82) is 0 Å². The molecule has 0 aliphatic rings. The summed E-state index contributed by atoms with van der Waals surface area (Å²) in [6, 6.07) is 19.3. The Balaban J connectivity index is 0.00000200. The van der Waals surface area contributed by atoms with E-state index in [0.717, 1.165) is 17.4 Å². The third kappa shape index (κ3) is 4.52. The lowest BCUT2D eigenvalue weighted by atomic mass is 9.99. The molecule has 0 saturated heterocycles. The molecule has 106 valence electrons. The maximum atomic E-state index is 3.91. The van der Waals surface area contributed by atoms with E-state index in [9.17, 15) is 0 Å². The monoisotopic (exact) mass is 287 g/mol. The summed E-state index contributed by atoms with van der Waals surface area (Å²) in [5.74, 6) is 0. The number of quaternary nitrogens is 1. The molecule has 2 heteroatoms. The van der Waals surface area contributed by atoms with Gasteiger partial charge < -0.3 is 12.4 Å². The first-order valence-corrected chi connectivity index (χ1v) is 6.68. The van der Waals surface area contributed by atoms with Crippen LogP contribution in [0, 0.1) is 0 Å². The Hall–Kier alpha value is -1.57. The summed E-state index contributed by atoms with van der Waals surface area (Å²) in [5.41, 5.74) is 4.16. The summed E-state index contributed by atoms with van der Waals surface area (Å²) in [4.78, 5) is 0. The van der Waals surface area contributed by atoms with E-state index in [1.54, 1.807) is 0 Å². The highest BCUT2D eigenvalue weighted by atomic mass is 35.5. The van der Waals surface area contributed by atoms with E-state index in [0.29, 0.717) is 0 Å². The normalized spacial score (nSPS) is 10.7. The van der Waals surface area contributed by atoms with Crippen LogP contribution in [-0.2, 0) is 13.0 Å². The predicted octanol–water partition coefficient (Wildman–Crippen LogP) is 1.00. The molecule has 2 aromatic rings. The van der Waals surface area contributed by atoms with Crippen LogP contribution in [0.3, 0.4) is 0 Å². The summed E-state index contributed by atoms with van der Waals surface area (Å²) in [5, 5.41) is 0. The fraction of sp³-hybridized carbons (Fsp3) is 0.222. The van der Waals surface area contributed by atoms with Gasteiger partial charge in [-0.3, -0.25) is 4.48 Å². The summed E-state index contributed by atoms with van der Waals surface area (Å²) >= 11 is 0. The van der Waals surface area contributed by atoms with E-state index in [2.05, 4.69) is 75.3 Å². The molecule has 0 N–H and O–H groups in total. The first kappa shape index (κ1) is 16.5. The molecule has 0 bridgehead atoms. The van der Waals surface area contributed by atoms with Gasteiger partial charge in [0.05, 0.1) is 20.3 Å². The van der Waals surface area contributed by atoms with Crippen molar-refractivity contribution >= 4 is 0 Å². The number of nitrogens with zero attached hydrogens (tertiary/aromatic N) is 1. The van der Waals surface area contributed by atoms with Crippen LogP contribution in [-0.4, -0.2) is 18.6 Å². The number of hydrogen-bond donors (Lipinski definition) is 0. The molecular weight excluding hydrogens is 266 g/mol. The quantitative estimate of drug-likeness (QED) is 0.720. The van der Waals surface area contributed by atoms with Gasteiger partial charge in [-0.1, -0.05) is 54.6 Å². The molecule has 0 spiro atoms. The Morgan fingerprint density at radius 1 is 0.900 bits per heavy atom. The Morgan fingerprint density at radius 2 is 1.45 bits per heavy atom. The fourth-order valence-corrected chi connectivity index (χ4v) is 2.20. The molecule has 0 saturated carbocycles. The van der Waals surface area contributed by atoms with Gasteiger partial charge >= 0.3 is 0 Å². The largest absolute Gasteiger partial charge is 1.00 e. The molecule has 0 amide bonds. The van der Waals surface area contributed by atoms with Crippen LogP contribution in [0.15, 0.2) is 67.4 Å². The second-order valence-electron chi connectivity index (χ2n) is 5.55. The number of halogens is 1. The third-order valence-electron chi connectivity index (χ3n) is 3.43. The van der Waals surface area contributed by atoms with Gasteiger partial charge in [0.2, 0.25) is 0 Å². The zero-order valence-corrected chi connectivity index (χ0v) is 13.0. The first-order valence-electron chi connectivity index (χ1n) is 6.68. The van der Waals surface area contributed by atoms with Crippen LogP contribution in [0.1, 0.15) is 16.7 Å². The van der Waals surface area contributed by atoms with Crippen molar-refractivity contribution in [2.24, 2.45) is 0 Å². The standard InChI is InChI=1S/C18H22N.ClH/c1-4-19(2,3)15-18-13-9-8-12-17(18)14-16-10-6-5-7-11-16;/h4-13H,1,14-15H2,2-3H3;1H/q+1;/p-1. The fourth-order valence-electron chi connectivity index (χ4n) is 2.20. The Labute approximate surface area is 128 Å². The molecule has 0 fully saturated rings. The minimum atomic E-state index is 0. The van der Waals surface area contributed by atoms with Crippen LogP contribution < -0.4 is 12.4 Å². The molecule has 2 rings (SSSR count). The van der Waals surface area contributed by atoms with E-state index < -0.39 is 0 Å². The average Bonchev–Trinajstić information content (AvgIpc) is 2.42. The second kappa shape index (κ2) is 7.28. The summed E-state index contributed by atoms with van der Waals surface area (Å²) < 4.78 is 0.797. The van der Waals surface area contributed by atoms with Gasteiger partial charge in [0.15, 0.2) is 0 Å². The SMILES string of the molecule is C=C[N+](C)(C)Cc1ccccc1Cc1ccccc1.[Cl-]. The van der Waals surface area contributed by atoms with Crippen LogP contribution in [0.25, 0.3) is 0 Å². The van der Waals surface area contributed by atoms with Gasteiger partial charge in [-0.05, 0) is 24.1 Å². The molecule has 20 heavy (non-hydrogen) atoms. The Bertz CT molecular complexity index is 546. The van der Waals surface area contributed by atoms with E-state index >= 15 is 0 Å². The van der Waals surface area contributed by atoms with Crippen LogP contribution >= 0.6 is 0 Å². The van der Waals surface area contributed by atoms with Crippen LogP contribution in [0.2, 0.25) is 0 Å². The first-order chi connectivity index (χ1) is 9.11. The lowest BCUT2D eigenvalue weighted by molar-refractivity contribution is -0.852. The van der Waals surface area contributed by atoms with Crippen molar-refractivity contribution in [3.05, 3.63) is 84.1 Å². The highest BCUT2D eigenvalue weighted by Gasteiger charge is 2.14. The molecule has 0 radical (unpaired) electrons. The van der Waals surface area contributed by atoms with Crippen molar-refractivity contribution in [3.63, 3.8) is 0 Å². The molecule has 0 aliphatic heterocycles. The Kier molecular flexibility index (Phi) is 6.00.